The Kier molecular flexibility index (Phi) is 6.06. The van der Waals surface area contributed by atoms with Crippen LogP contribution in [0, 0.1) is 0 Å². The van der Waals surface area contributed by atoms with Crippen molar-refractivity contribution in [1.29, 1.82) is 0 Å². The highest BCUT2D eigenvalue weighted by Gasteiger charge is 2.33. The number of hydrogen-bond acceptors (Lipinski definition) is 6. The standard InChI is InChI=1S/C28H25NO5/c1-31-24-13-11-20(15-26(24)32-2)16-29-17-22-23(33-18-29)14-12-21-27(30)25(34-28(21)22)10-6-9-19-7-4-3-5-8-19/h3-15H,16-18H2,1-2H3/b9-6+,25-10-. The largest absolute Gasteiger partial charge is 0.493 e. The zero-order valence-electron chi connectivity index (χ0n) is 19.1. The molecule has 0 saturated carbocycles. The zero-order chi connectivity index (χ0) is 23.5. The van der Waals surface area contributed by atoms with E-state index in [9.17, 15) is 4.79 Å². The van der Waals surface area contributed by atoms with Crippen LogP contribution in [0.4, 0.5) is 0 Å². The van der Waals surface area contributed by atoms with Crippen LogP contribution >= 0.6 is 0 Å². The Morgan fingerprint density at radius 1 is 1.00 bits per heavy atom. The number of allylic oxidation sites excluding steroid dienone is 3. The molecule has 2 heterocycles. The Hall–Kier alpha value is -4.03. The second kappa shape index (κ2) is 9.45. The molecule has 172 valence electrons. The molecule has 0 N–H and O–H groups in total. The summed E-state index contributed by atoms with van der Waals surface area (Å²) in [5.74, 6) is 2.90. The fourth-order valence-electron chi connectivity index (χ4n) is 4.17. The summed E-state index contributed by atoms with van der Waals surface area (Å²) in [7, 11) is 3.24. The van der Waals surface area contributed by atoms with Crippen molar-refractivity contribution in [3.8, 4) is 23.0 Å². The molecule has 0 amide bonds. The van der Waals surface area contributed by atoms with E-state index in [1.807, 2.05) is 66.7 Å². The smallest absolute Gasteiger partial charge is 0.231 e. The molecule has 3 aromatic rings. The molecule has 0 saturated heterocycles. The average molecular weight is 456 g/mol. The minimum Gasteiger partial charge on any atom is -0.493 e. The second-order valence-corrected chi connectivity index (χ2v) is 8.10. The maximum atomic E-state index is 12.9. The number of carbonyl (C=O) groups excluding carboxylic acids is 1. The SMILES string of the molecule is COc1ccc(CN2COc3ccc4c(c3C2)O/C(=C\C=C\c2ccccc2)C4=O)cc1OC. The number of ether oxygens (including phenoxy) is 4. The van der Waals surface area contributed by atoms with Crippen LogP contribution < -0.4 is 18.9 Å². The second-order valence-electron chi connectivity index (χ2n) is 8.10. The van der Waals surface area contributed by atoms with Crippen LogP contribution in [0.1, 0.15) is 27.0 Å². The molecule has 2 aliphatic heterocycles. The van der Waals surface area contributed by atoms with Crippen LogP contribution in [0.3, 0.4) is 0 Å². The first-order valence-corrected chi connectivity index (χ1v) is 11.0. The molecule has 2 aliphatic rings. The monoisotopic (exact) mass is 455 g/mol. The van der Waals surface area contributed by atoms with Crippen LogP contribution in [0.15, 0.2) is 78.6 Å². The maximum Gasteiger partial charge on any atom is 0.231 e. The fraction of sp³-hybridized carbons (Fsp3) is 0.179. The Bertz CT molecular complexity index is 1280. The number of Topliss-reactive ketones (excluding diaryl/α,β-unsaturated/α-hetero) is 1. The van der Waals surface area contributed by atoms with Gasteiger partial charge in [0.25, 0.3) is 0 Å². The summed E-state index contributed by atoms with van der Waals surface area (Å²) in [5, 5.41) is 0. The summed E-state index contributed by atoms with van der Waals surface area (Å²) in [6.45, 7) is 1.70. The van der Waals surface area contributed by atoms with Crippen LogP contribution in [-0.4, -0.2) is 31.6 Å². The third-order valence-corrected chi connectivity index (χ3v) is 5.87. The minimum absolute atomic E-state index is 0.118. The normalized spacial score (nSPS) is 16.2. The molecule has 0 aliphatic carbocycles. The van der Waals surface area contributed by atoms with E-state index in [-0.39, 0.29) is 5.78 Å². The first-order chi connectivity index (χ1) is 16.7. The lowest BCUT2D eigenvalue weighted by atomic mass is 10.0. The van der Waals surface area contributed by atoms with Gasteiger partial charge in [0.1, 0.15) is 18.2 Å². The summed E-state index contributed by atoms with van der Waals surface area (Å²) < 4.78 is 22.8. The van der Waals surface area contributed by atoms with E-state index in [2.05, 4.69) is 4.90 Å². The van der Waals surface area contributed by atoms with E-state index in [1.165, 1.54) is 0 Å². The lowest BCUT2D eigenvalue weighted by molar-refractivity contribution is 0.0872. The first kappa shape index (κ1) is 21.8. The number of benzene rings is 3. The highest BCUT2D eigenvalue weighted by atomic mass is 16.5. The summed E-state index contributed by atoms with van der Waals surface area (Å²) in [6.07, 6.45) is 5.49. The number of fused-ring (bicyclic) bond motifs is 3. The van der Waals surface area contributed by atoms with Crippen LogP contribution in [-0.2, 0) is 13.1 Å². The Balaban J connectivity index is 1.35. The third kappa shape index (κ3) is 4.28. The van der Waals surface area contributed by atoms with E-state index < -0.39 is 0 Å². The molecule has 34 heavy (non-hydrogen) atoms. The number of nitrogens with zero attached hydrogens (tertiary/aromatic N) is 1. The Morgan fingerprint density at radius 2 is 1.82 bits per heavy atom. The first-order valence-electron chi connectivity index (χ1n) is 11.0. The van der Waals surface area contributed by atoms with Crippen LogP contribution in [0.5, 0.6) is 23.0 Å². The molecule has 5 rings (SSSR count). The molecule has 0 unspecified atom stereocenters. The predicted octanol–water partition coefficient (Wildman–Crippen LogP) is 5.23. The van der Waals surface area contributed by atoms with Gasteiger partial charge in [0.2, 0.25) is 5.78 Å². The number of ketones is 1. The van der Waals surface area contributed by atoms with Crippen LogP contribution in [0.25, 0.3) is 6.08 Å². The van der Waals surface area contributed by atoms with Gasteiger partial charge in [0, 0.05) is 13.1 Å². The van der Waals surface area contributed by atoms with Gasteiger partial charge in [-0.25, -0.2) is 0 Å². The van der Waals surface area contributed by atoms with Gasteiger partial charge in [-0.05, 0) is 41.5 Å². The lowest BCUT2D eigenvalue weighted by Gasteiger charge is -2.29. The third-order valence-electron chi connectivity index (χ3n) is 5.87. The van der Waals surface area contributed by atoms with Gasteiger partial charge in [-0.3, -0.25) is 9.69 Å². The van der Waals surface area contributed by atoms with Crippen molar-refractivity contribution in [2.45, 2.75) is 13.1 Å². The van der Waals surface area contributed by atoms with Gasteiger partial charge in [0.05, 0.1) is 25.3 Å². The van der Waals surface area contributed by atoms with Gasteiger partial charge in [0.15, 0.2) is 17.3 Å². The van der Waals surface area contributed by atoms with Crippen molar-refractivity contribution >= 4 is 11.9 Å². The number of carbonyl (C=O) groups is 1. The van der Waals surface area contributed by atoms with E-state index >= 15 is 0 Å². The van der Waals surface area contributed by atoms with E-state index in [1.54, 1.807) is 26.4 Å². The molecule has 0 aromatic heterocycles. The maximum absolute atomic E-state index is 12.9. The number of hydrogen-bond donors (Lipinski definition) is 0. The van der Waals surface area contributed by atoms with Crippen molar-refractivity contribution < 1.29 is 23.7 Å². The number of methoxy groups -OCH3 is 2. The summed E-state index contributed by atoms with van der Waals surface area (Å²) in [5.41, 5.74) is 3.57. The highest BCUT2D eigenvalue weighted by molar-refractivity contribution is 6.13. The van der Waals surface area contributed by atoms with E-state index in [0.29, 0.717) is 48.4 Å². The quantitative estimate of drug-likeness (QED) is 0.475. The molecular weight excluding hydrogens is 430 g/mol. The van der Waals surface area contributed by atoms with Crippen molar-refractivity contribution in [2.75, 3.05) is 21.0 Å². The molecule has 6 nitrogen and oxygen atoms in total. The highest BCUT2D eigenvalue weighted by Crippen LogP contribution is 2.42. The van der Waals surface area contributed by atoms with Crippen LogP contribution in [0.2, 0.25) is 0 Å². The van der Waals surface area contributed by atoms with Crippen molar-refractivity contribution in [3.63, 3.8) is 0 Å². The Labute approximate surface area is 198 Å². The predicted molar refractivity (Wildman–Crippen MR) is 129 cm³/mol. The average Bonchev–Trinajstić information content (AvgIpc) is 3.20. The van der Waals surface area contributed by atoms with Crippen molar-refractivity contribution in [3.05, 3.63) is 101 Å². The molecule has 0 spiro atoms. The fourth-order valence-corrected chi connectivity index (χ4v) is 4.17. The van der Waals surface area contributed by atoms with Gasteiger partial charge >= 0.3 is 0 Å². The summed E-state index contributed by atoms with van der Waals surface area (Å²) in [6, 6.07) is 19.4. The van der Waals surface area contributed by atoms with Gasteiger partial charge < -0.3 is 18.9 Å². The molecule has 0 bridgehead atoms. The van der Waals surface area contributed by atoms with Gasteiger partial charge in [-0.15, -0.1) is 0 Å². The summed E-state index contributed by atoms with van der Waals surface area (Å²) in [4.78, 5) is 15.1. The molecule has 3 aromatic carbocycles. The molecule has 0 atom stereocenters. The van der Waals surface area contributed by atoms with E-state index in [4.69, 9.17) is 18.9 Å². The zero-order valence-corrected chi connectivity index (χ0v) is 19.1. The molecule has 0 radical (unpaired) electrons. The van der Waals surface area contributed by atoms with E-state index in [0.717, 1.165) is 22.4 Å². The lowest BCUT2D eigenvalue weighted by Crippen LogP contribution is -2.31. The molecular formula is C28H25NO5. The van der Waals surface area contributed by atoms with Crippen molar-refractivity contribution in [2.24, 2.45) is 0 Å². The van der Waals surface area contributed by atoms with Gasteiger partial charge in [-0.2, -0.15) is 0 Å². The number of rotatable bonds is 6. The topological polar surface area (TPSA) is 57.2 Å². The van der Waals surface area contributed by atoms with Gasteiger partial charge in [-0.1, -0.05) is 48.6 Å². The minimum atomic E-state index is -0.118. The van der Waals surface area contributed by atoms with Crippen molar-refractivity contribution in [1.82, 2.24) is 4.90 Å². The Morgan fingerprint density at radius 3 is 2.62 bits per heavy atom. The molecule has 6 heteroatoms. The summed E-state index contributed by atoms with van der Waals surface area (Å²) >= 11 is 0. The molecule has 0 fully saturated rings.